The van der Waals surface area contributed by atoms with Gasteiger partial charge >= 0.3 is 0 Å². The lowest BCUT2D eigenvalue weighted by molar-refractivity contribution is 0.596. The number of hydrogen-bond donors (Lipinski definition) is 3. The van der Waals surface area contributed by atoms with Gasteiger partial charge < -0.3 is 10.6 Å². The molecular weight excluding hydrogens is 270 g/mol. The predicted octanol–water partition coefficient (Wildman–Crippen LogP) is -0.342. The number of rotatable bonds is 4. The largest absolute Gasteiger partial charge is 0.359 e. The van der Waals surface area contributed by atoms with Crippen LogP contribution in [0.5, 0.6) is 0 Å². The summed E-state index contributed by atoms with van der Waals surface area (Å²) < 4.78 is 21.5. The number of nitrogens with two attached hydrogens (primary N) is 1. The normalized spacial score (nSPS) is 10.8. The summed E-state index contributed by atoms with van der Waals surface area (Å²) in [4.78, 5) is 0. The van der Waals surface area contributed by atoms with Gasteiger partial charge in [-0.1, -0.05) is 17.4 Å². The van der Waals surface area contributed by atoms with Crippen LogP contribution < -0.4 is 15.8 Å². The highest BCUT2D eigenvalue weighted by Crippen LogP contribution is 2.17. The van der Waals surface area contributed by atoms with Gasteiger partial charge in [0.25, 0.3) is 10.0 Å². The predicted molar refractivity (Wildman–Crippen MR) is 65.7 cm³/mol. The van der Waals surface area contributed by atoms with E-state index in [9.17, 15) is 8.42 Å². The number of nitrogens with one attached hydrogen (secondary N) is 2. The molecule has 0 unspecified atom stereocenters. The van der Waals surface area contributed by atoms with Crippen LogP contribution in [0, 0.1) is 0 Å². The smallest absolute Gasteiger partial charge is 0.267 e. The maximum Gasteiger partial charge on any atom is 0.267 e. The fraction of sp³-hybridized carbons (Fsp3) is 0.167. The van der Waals surface area contributed by atoms with Crippen LogP contribution in [0.2, 0.25) is 0 Å². The van der Waals surface area contributed by atoms with Gasteiger partial charge in [-0.25, -0.2) is 13.6 Å². The topological polar surface area (TPSA) is 110 Å². The third-order valence-corrected chi connectivity index (χ3v) is 3.67. The van der Waals surface area contributed by atoms with Crippen molar-refractivity contribution in [3.63, 3.8) is 0 Å². The number of thiocarbonyl (C=S) groups is 1. The van der Waals surface area contributed by atoms with Gasteiger partial charge in [-0.3, -0.25) is 0 Å². The Balaban J connectivity index is 2.66. The Morgan fingerprint density at radius 1 is 1.62 bits per heavy atom. The van der Waals surface area contributed by atoms with Crippen LogP contribution >= 0.6 is 23.6 Å². The Labute approximate surface area is 102 Å². The third-order valence-electron chi connectivity index (χ3n) is 1.28. The van der Waals surface area contributed by atoms with E-state index in [-0.39, 0.29) is 9.47 Å². The number of anilines is 1. The molecule has 1 aromatic rings. The monoisotopic (exact) mass is 279 g/mol. The highest BCUT2D eigenvalue weighted by Gasteiger charge is 2.15. The lowest BCUT2D eigenvalue weighted by atomic mass is 10.6. The van der Waals surface area contributed by atoms with Crippen LogP contribution in [0.3, 0.4) is 0 Å². The summed E-state index contributed by atoms with van der Waals surface area (Å²) in [5.41, 5.74) is 0. The van der Waals surface area contributed by atoms with Gasteiger partial charge in [0.2, 0.25) is 9.47 Å². The van der Waals surface area contributed by atoms with Gasteiger partial charge in [0, 0.05) is 6.54 Å². The summed E-state index contributed by atoms with van der Waals surface area (Å²) in [7, 11) is -3.81. The first-order valence-corrected chi connectivity index (χ1v) is 6.72. The van der Waals surface area contributed by atoms with E-state index in [1.807, 2.05) is 0 Å². The molecular formula is C6H9N5O2S3. The second-order valence-corrected chi connectivity index (χ2v) is 5.66. The number of primary sulfonamides is 1. The SMILES string of the molecule is C=CCNC(=S)Nc1nnc(S(N)(=O)=O)s1. The zero-order valence-electron chi connectivity index (χ0n) is 8.00. The molecule has 0 atom stereocenters. The second-order valence-electron chi connectivity index (χ2n) is 2.54. The van der Waals surface area contributed by atoms with Crippen molar-refractivity contribution in [2.45, 2.75) is 4.34 Å². The molecule has 88 valence electrons. The maximum absolute atomic E-state index is 10.9. The van der Waals surface area contributed by atoms with Gasteiger partial charge in [0.05, 0.1) is 0 Å². The number of sulfonamides is 1. The molecule has 0 aromatic carbocycles. The van der Waals surface area contributed by atoms with E-state index in [0.29, 0.717) is 11.7 Å². The molecule has 1 aromatic heterocycles. The van der Waals surface area contributed by atoms with Crippen LogP contribution in [0.15, 0.2) is 17.0 Å². The van der Waals surface area contributed by atoms with Crippen molar-refractivity contribution < 1.29 is 8.42 Å². The Kier molecular flexibility index (Phi) is 4.29. The van der Waals surface area contributed by atoms with Crippen molar-refractivity contribution in [1.29, 1.82) is 0 Å². The van der Waals surface area contributed by atoms with Crippen molar-refractivity contribution >= 4 is 43.8 Å². The van der Waals surface area contributed by atoms with Crippen LogP contribution in [0.25, 0.3) is 0 Å². The first kappa shape index (κ1) is 13.0. The third kappa shape index (κ3) is 3.81. The van der Waals surface area contributed by atoms with Crippen molar-refractivity contribution in [3.8, 4) is 0 Å². The number of hydrogen-bond acceptors (Lipinski definition) is 6. The molecule has 1 heterocycles. The van der Waals surface area contributed by atoms with E-state index < -0.39 is 10.0 Å². The van der Waals surface area contributed by atoms with Crippen molar-refractivity contribution in [2.75, 3.05) is 11.9 Å². The molecule has 0 aliphatic rings. The lowest BCUT2D eigenvalue weighted by Crippen LogP contribution is -2.28. The molecule has 0 saturated heterocycles. The first-order chi connectivity index (χ1) is 7.43. The van der Waals surface area contributed by atoms with Crippen LogP contribution in [-0.4, -0.2) is 30.3 Å². The minimum Gasteiger partial charge on any atom is -0.359 e. The van der Waals surface area contributed by atoms with Gasteiger partial charge in [-0.2, -0.15) is 0 Å². The summed E-state index contributed by atoms with van der Waals surface area (Å²) in [6, 6.07) is 0. The summed E-state index contributed by atoms with van der Waals surface area (Å²) in [5.74, 6) is 0. The molecule has 10 heteroatoms. The molecule has 16 heavy (non-hydrogen) atoms. The molecule has 0 spiro atoms. The van der Waals surface area contributed by atoms with Gasteiger partial charge in [-0.05, 0) is 12.2 Å². The standard InChI is InChI=1S/C6H9N5O2S3/c1-2-3-8-4(14)9-5-10-11-6(15-5)16(7,12)13/h2H,1,3H2,(H2,7,12,13)(H2,8,9,10,14). The van der Waals surface area contributed by atoms with Gasteiger partial charge in [0.1, 0.15) is 0 Å². The van der Waals surface area contributed by atoms with Crippen molar-refractivity contribution in [1.82, 2.24) is 15.5 Å². The van der Waals surface area contributed by atoms with E-state index >= 15 is 0 Å². The molecule has 7 nitrogen and oxygen atoms in total. The molecule has 0 fully saturated rings. The van der Waals surface area contributed by atoms with Crippen molar-refractivity contribution in [2.24, 2.45) is 5.14 Å². The average Bonchev–Trinajstić information content (AvgIpc) is 2.62. The van der Waals surface area contributed by atoms with Crippen LogP contribution in [0.1, 0.15) is 0 Å². The van der Waals surface area contributed by atoms with E-state index in [4.69, 9.17) is 17.4 Å². The van der Waals surface area contributed by atoms with E-state index in [1.165, 1.54) is 0 Å². The fourth-order valence-electron chi connectivity index (χ4n) is 0.681. The highest BCUT2D eigenvalue weighted by atomic mass is 32.2. The molecule has 0 aliphatic heterocycles. The summed E-state index contributed by atoms with van der Waals surface area (Å²) in [5, 5.41) is 17.9. The number of aromatic nitrogens is 2. The Morgan fingerprint density at radius 2 is 2.31 bits per heavy atom. The second kappa shape index (κ2) is 5.30. The molecule has 0 amide bonds. The van der Waals surface area contributed by atoms with E-state index in [1.54, 1.807) is 6.08 Å². The molecule has 0 bridgehead atoms. The molecule has 0 saturated carbocycles. The van der Waals surface area contributed by atoms with Gasteiger partial charge in [0.15, 0.2) is 5.11 Å². The zero-order chi connectivity index (χ0) is 12.2. The fourth-order valence-corrected chi connectivity index (χ4v) is 2.26. The average molecular weight is 279 g/mol. The minimum absolute atomic E-state index is 0.255. The summed E-state index contributed by atoms with van der Waals surface area (Å²) >= 11 is 5.69. The lowest BCUT2D eigenvalue weighted by Gasteiger charge is -2.04. The molecule has 0 aliphatic carbocycles. The van der Waals surface area contributed by atoms with Crippen molar-refractivity contribution in [3.05, 3.63) is 12.7 Å². The van der Waals surface area contributed by atoms with E-state index in [0.717, 1.165) is 11.3 Å². The minimum atomic E-state index is -3.81. The first-order valence-electron chi connectivity index (χ1n) is 3.95. The maximum atomic E-state index is 10.9. The van der Waals surface area contributed by atoms with E-state index in [2.05, 4.69) is 27.4 Å². The Bertz CT molecular complexity index is 494. The summed E-state index contributed by atoms with van der Waals surface area (Å²) in [6.07, 6.45) is 1.63. The Morgan fingerprint density at radius 3 is 2.81 bits per heavy atom. The zero-order valence-corrected chi connectivity index (χ0v) is 10.5. The van der Waals surface area contributed by atoms with Crippen LogP contribution in [-0.2, 0) is 10.0 Å². The molecule has 4 N–H and O–H groups in total. The molecule has 1 rings (SSSR count). The quantitative estimate of drug-likeness (QED) is 0.511. The Hall–Kier alpha value is -1.10. The van der Waals surface area contributed by atoms with Gasteiger partial charge in [-0.15, -0.1) is 16.8 Å². The molecule has 0 radical (unpaired) electrons. The van der Waals surface area contributed by atoms with Crippen LogP contribution in [0.4, 0.5) is 5.13 Å². The number of nitrogens with zero attached hydrogens (tertiary/aromatic N) is 2. The summed E-state index contributed by atoms with van der Waals surface area (Å²) in [6.45, 7) is 4.00. The highest BCUT2D eigenvalue weighted by molar-refractivity contribution is 7.91.